The molecule has 0 saturated heterocycles. The van der Waals surface area contributed by atoms with Crippen LogP contribution in [-0.2, 0) is 0 Å². The van der Waals surface area contributed by atoms with Crippen molar-refractivity contribution in [3.8, 4) is 12.1 Å². The molecular weight excluding hydrogens is 280 g/mol. The SMILES string of the molecule is N#Cc1cc(N)c2c(c1N)C(=O)c1cccc(C#N)c1C2=O. The van der Waals surface area contributed by atoms with E-state index in [0.29, 0.717) is 0 Å². The van der Waals surface area contributed by atoms with Crippen LogP contribution in [0.2, 0.25) is 0 Å². The van der Waals surface area contributed by atoms with Crippen LogP contribution in [0.4, 0.5) is 11.4 Å². The highest BCUT2D eigenvalue weighted by Gasteiger charge is 2.35. The van der Waals surface area contributed by atoms with E-state index in [1.54, 1.807) is 0 Å². The van der Waals surface area contributed by atoms with E-state index in [1.807, 2.05) is 12.1 Å². The molecule has 104 valence electrons. The number of nitriles is 2. The summed E-state index contributed by atoms with van der Waals surface area (Å²) in [6.45, 7) is 0. The maximum absolute atomic E-state index is 12.7. The first-order chi connectivity index (χ1) is 10.5. The fourth-order valence-corrected chi connectivity index (χ4v) is 2.63. The zero-order valence-corrected chi connectivity index (χ0v) is 11.2. The molecule has 0 atom stereocenters. The molecular formula is C16H8N4O2. The number of benzene rings is 2. The van der Waals surface area contributed by atoms with Crippen LogP contribution in [0.5, 0.6) is 0 Å². The van der Waals surface area contributed by atoms with Gasteiger partial charge in [-0.15, -0.1) is 0 Å². The van der Waals surface area contributed by atoms with Gasteiger partial charge >= 0.3 is 0 Å². The zero-order valence-electron chi connectivity index (χ0n) is 11.2. The van der Waals surface area contributed by atoms with E-state index in [1.165, 1.54) is 24.3 Å². The molecule has 0 saturated carbocycles. The van der Waals surface area contributed by atoms with Crippen molar-refractivity contribution >= 4 is 22.9 Å². The average molecular weight is 288 g/mol. The van der Waals surface area contributed by atoms with Crippen molar-refractivity contribution < 1.29 is 9.59 Å². The number of fused-ring (bicyclic) bond motifs is 2. The van der Waals surface area contributed by atoms with E-state index in [0.717, 1.165) is 0 Å². The maximum atomic E-state index is 12.7. The summed E-state index contributed by atoms with van der Waals surface area (Å²) < 4.78 is 0. The lowest BCUT2D eigenvalue weighted by Crippen LogP contribution is -2.25. The number of anilines is 2. The van der Waals surface area contributed by atoms with E-state index in [4.69, 9.17) is 22.0 Å². The molecule has 0 radical (unpaired) electrons. The highest BCUT2D eigenvalue weighted by molar-refractivity contribution is 6.32. The summed E-state index contributed by atoms with van der Waals surface area (Å²) in [7, 11) is 0. The molecule has 1 aliphatic carbocycles. The van der Waals surface area contributed by atoms with Crippen molar-refractivity contribution in [2.75, 3.05) is 11.5 Å². The van der Waals surface area contributed by atoms with Gasteiger partial charge in [0.15, 0.2) is 11.6 Å². The molecule has 0 aromatic heterocycles. The Morgan fingerprint density at radius 2 is 1.55 bits per heavy atom. The predicted octanol–water partition coefficient (Wildman–Crippen LogP) is 1.37. The van der Waals surface area contributed by atoms with Gasteiger partial charge in [0.05, 0.1) is 39.6 Å². The third-order valence-corrected chi connectivity index (χ3v) is 3.63. The lowest BCUT2D eigenvalue weighted by Gasteiger charge is -2.21. The molecule has 4 N–H and O–H groups in total. The molecule has 6 heteroatoms. The molecule has 6 nitrogen and oxygen atoms in total. The second-order valence-electron chi connectivity index (χ2n) is 4.79. The van der Waals surface area contributed by atoms with Crippen LogP contribution in [0, 0.1) is 22.7 Å². The fraction of sp³-hybridized carbons (Fsp3) is 0. The van der Waals surface area contributed by atoms with Crippen molar-refractivity contribution in [2.45, 2.75) is 0 Å². The molecule has 0 fully saturated rings. The number of nitrogen functional groups attached to an aromatic ring is 2. The first-order valence-corrected chi connectivity index (χ1v) is 6.25. The van der Waals surface area contributed by atoms with Crippen LogP contribution >= 0.6 is 0 Å². The number of carbonyl (C=O) groups is 2. The zero-order chi connectivity index (χ0) is 16.0. The van der Waals surface area contributed by atoms with Crippen LogP contribution in [0.25, 0.3) is 0 Å². The first-order valence-electron chi connectivity index (χ1n) is 6.25. The lowest BCUT2D eigenvalue weighted by atomic mass is 9.79. The van der Waals surface area contributed by atoms with E-state index >= 15 is 0 Å². The summed E-state index contributed by atoms with van der Waals surface area (Å²) in [5.74, 6) is -1.04. The quantitative estimate of drug-likeness (QED) is 0.600. The van der Waals surface area contributed by atoms with Gasteiger partial charge < -0.3 is 11.5 Å². The molecule has 0 amide bonds. The van der Waals surface area contributed by atoms with Gasteiger partial charge in [0.1, 0.15) is 6.07 Å². The Hall–Kier alpha value is -3.64. The van der Waals surface area contributed by atoms with E-state index in [2.05, 4.69) is 0 Å². The van der Waals surface area contributed by atoms with Crippen LogP contribution in [0.15, 0.2) is 24.3 Å². The monoisotopic (exact) mass is 288 g/mol. The minimum Gasteiger partial charge on any atom is -0.398 e. The number of hydrogen-bond donors (Lipinski definition) is 2. The molecule has 1 aliphatic rings. The number of rotatable bonds is 0. The number of nitrogens with two attached hydrogens (primary N) is 2. The van der Waals surface area contributed by atoms with Crippen LogP contribution < -0.4 is 11.5 Å². The Bertz CT molecular complexity index is 962. The predicted molar refractivity (Wildman–Crippen MR) is 78.0 cm³/mol. The first kappa shape index (κ1) is 13.3. The van der Waals surface area contributed by atoms with Crippen molar-refractivity contribution in [2.24, 2.45) is 0 Å². The minimum atomic E-state index is -0.532. The third-order valence-electron chi connectivity index (χ3n) is 3.63. The Balaban J connectivity index is 2.45. The number of carbonyl (C=O) groups excluding carboxylic acids is 2. The average Bonchev–Trinajstić information content (AvgIpc) is 2.53. The normalized spacial score (nSPS) is 12.1. The fourth-order valence-electron chi connectivity index (χ4n) is 2.63. The summed E-state index contributed by atoms with van der Waals surface area (Å²) in [6.07, 6.45) is 0. The van der Waals surface area contributed by atoms with Crippen molar-refractivity contribution in [1.82, 2.24) is 0 Å². The number of nitrogens with zero attached hydrogens (tertiary/aromatic N) is 2. The standard InChI is InChI=1S/C16H8N4O2/c17-5-7-2-1-3-9-11(7)16(22)12-10(19)4-8(6-18)14(20)13(12)15(9)21/h1-4H,19-20H2. The molecule has 0 aliphatic heterocycles. The Morgan fingerprint density at radius 1 is 0.864 bits per heavy atom. The highest BCUT2D eigenvalue weighted by Crippen LogP contribution is 2.37. The summed E-state index contributed by atoms with van der Waals surface area (Å²) in [5.41, 5.74) is 11.8. The van der Waals surface area contributed by atoms with Gasteiger partial charge in [-0.05, 0) is 12.1 Å². The number of ketones is 2. The Morgan fingerprint density at radius 3 is 2.18 bits per heavy atom. The lowest BCUT2D eigenvalue weighted by molar-refractivity contribution is 0.0980. The number of hydrogen-bond acceptors (Lipinski definition) is 6. The largest absolute Gasteiger partial charge is 0.398 e. The van der Waals surface area contributed by atoms with Gasteiger partial charge in [-0.1, -0.05) is 12.1 Å². The van der Waals surface area contributed by atoms with Gasteiger partial charge in [-0.25, -0.2) is 0 Å². The van der Waals surface area contributed by atoms with Crippen LogP contribution in [-0.4, -0.2) is 11.6 Å². The second-order valence-corrected chi connectivity index (χ2v) is 4.79. The Labute approximate surface area is 125 Å². The van der Waals surface area contributed by atoms with E-state index in [-0.39, 0.29) is 44.8 Å². The van der Waals surface area contributed by atoms with E-state index in [9.17, 15) is 9.59 Å². The summed E-state index contributed by atoms with van der Waals surface area (Å²) in [4.78, 5) is 25.3. The molecule has 2 aromatic carbocycles. The molecule has 2 aromatic rings. The van der Waals surface area contributed by atoms with Gasteiger partial charge in [0.2, 0.25) is 0 Å². The van der Waals surface area contributed by atoms with Crippen molar-refractivity contribution in [3.63, 3.8) is 0 Å². The summed E-state index contributed by atoms with van der Waals surface area (Å²) in [5, 5.41) is 18.2. The molecule has 0 unspecified atom stereocenters. The molecule has 0 heterocycles. The van der Waals surface area contributed by atoms with Crippen LogP contribution in [0.1, 0.15) is 43.0 Å². The summed E-state index contributed by atoms with van der Waals surface area (Å²) >= 11 is 0. The molecule has 3 rings (SSSR count). The smallest absolute Gasteiger partial charge is 0.198 e. The molecule has 0 bridgehead atoms. The van der Waals surface area contributed by atoms with Crippen molar-refractivity contribution in [3.05, 3.63) is 57.6 Å². The van der Waals surface area contributed by atoms with Crippen molar-refractivity contribution in [1.29, 1.82) is 10.5 Å². The highest BCUT2D eigenvalue weighted by atomic mass is 16.1. The van der Waals surface area contributed by atoms with Gasteiger partial charge in [0.25, 0.3) is 0 Å². The molecule has 0 spiro atoms. The topological polar surface area (TPSA) is 134 Å². The molecule has 22 heavy (non-hydrogen) atoms. The van der Waals surface area contributed by atoms with Crippen LogP contribution in [0.3, 0.4) is 0 Å². The van der Waals surface area contributed by atoms with Gasteiger partial charge in [-0.2, -0.15) is 10.5 Å². The van der Waals surface area contributed by atoms with E-state index < -0.39 is 11.6 Å². The maximum Gasteiger partial charge on any atom is 0.198 e. The summed E-state index contributed by atoms with van der Waals surface area (Å²) in [6, 6.07) is 9.43. The minimum absolute atomic E-state index is 0.00232. The van der Waals surface area contributed by atoms with Gasteiger partial charge in [-0.3, -0.25) is 9.59 Å². The third kappa shape index (κ3) is 1.52. The Kier molecular flexibility index (Phi) is 2.69. The van der Waals surface area contributed by atoms with Gasteiger partial charge in [0, 0.05) is 11.3 Å². The second kappa shape index (κ2) is 4.44.